The molecule has 0 atom stereocenters. The SMILES string of the molecule is CS(=O)(=O)CCCNc1cccc(C(N)=S)n1. The maximum atomic E-state index is 10.9. The van der Waals surface area contributed by atoms with E-state index in [1.165, 1.54) is 6.26 Å². The van der Waals surface area contributed by atoms with Crippen molar-refractivity contribution in [1.29, 1.82) is 0 Å². The van der Waals surface area contributed by atoms with Crippen LogP contribution in [0.15, 0.2) is 18.2 Å². The number of pyridine rings is 1. The molecule has 0 radical (unpaired) electrons. The van der Waals surface area contributed by atoms with Crippen molar-refractivity contribution in [3.8, 4) is 0 Å². The van der Waals surface area contributed by atoms with Crippen molar-refractivity contribution in [3.05, 3.63) is 23.9 Å². The fraction of sp³-hybridized carbons (Fsp3) is 0.400. The molecular formula is C10H15N3O2S2. The first-order chi connectivity index (χ1) is 7.88. The van der Waals surface area contributed by atoms with Gasteiger partial charge in [-0.05, 0) is 18.6 Å². The highest BCUT2D eigenvalue weighted by atomic mass is 32.2. The zero-order valence-electron chi connectivity index (χ0n) is 9.51. The molecule has 94 valence electrons. The molecule has 0 unspecified atom stereocenters. The van der Waals surface area contributed by atoms with Crippen molar-refractivity contribution in [2.24, 2.45) is 5.73 Å². The third-order valence-electron chi connectivity index (χ3n) is 2.00. The lowest BCUT2D eigenvalue weighted by Crippen LogP contribution is -2.14. The minimum atomic E-state index is -2.90. The second-order valence-corrected chi connectivity index (χ2v) is 6.38. The van der Waals surface area contributed by atoms with Crippen LogP contribution in [0.4, 0.5) is 5.82 Å². The highest BCUT2D eigenvalue weighted by Crippen LogP contribution is 2.04. The lowest BCUT2D eigenvalue weighted by atomic mass is 10.3. The number of rotatable bonds is 6. The van der Waals surface area contributed by atoms with E-state index < -0.39 is 9.84 Å². The van der Waals surface area contributed by atoms with Gasteiger partial charge < -0.3 is 11.1 Å². The first-order valence-corrected chi connectivity index (χ1v) is 7.54. The number of hydrogen-bond acceptors (Lipinski definition) is 5. The molecule has 0 spiro atoms. The Balaban J connectivity index is 2.47. The van der Waals surface area contributed by atoms with Crippen molar-refractivity contribution in [3.63, 3.8) is 0 Å². The molecule has 0 saturated carbocycles. The van der Waals surface area contributed by atoms with Crippen LogP contribution in [0, 0.1) is 0 Å². The number of thiocarbonyl (C=S) groups is 1. The van der Waals surface area contributed by atoms with Crippen LogP contribution in [0.2, 0.25) is 0 Å². The molecule has 0 fully saturated rings. The van der Waals surface area contributed by atoms with Crippen molar-refractivity contribution in [2.45, 2.75) is 6.42 Å². The van der Waals surface area contributed by atoms with Gasteiger partial charge in [0, 0.05) is 12.8 Å². The molecule has 1 aromatic heterocycles. The summed E-state index contributed by atoms with van der Waals surface area (Å²) >= 11 is 4.81. The van der Waals surface area contributed by atoms with Gasteiger partial charge in [-0.3, -0.25) is 0 Å². The second kappa shape index (κ2) is 5.92. The second-order valence-electron chi connectivity index (χ2n) is 3.68. The quantitative estimate of drug-likeness (QED) is 0.582. The fourth-order valence-corrected chi connectivity index (χ4v) is 2.00. The molecule has 1 aromatic rings. The van der Waals surface area contributed by atoms with Crippen LogP contribution >= 0.6 is 12.2 Å². The Labute approximate surface area is 106 Å². The molecule has 0 aliphatic heterocycles. The van der Waals surface area contributed by atoms with E-state index in [1.54, 1.807) is 18.2 Å². The van der Waals surface area contributed by atoms with Gasteiger partial charge in [-0.25, -0.2) is 13.4 Å². The van der Waals surface area contributed by atoms with Gasteiger partial charge in [0.1, 0.15) is 20.6 Å². The molecule has 0 amide bonds. The Morgan fingerprint density at radius 1 is 1.53 bits per heavy atom. The van der Waals surface area contributed by atoms with Crippen LogP contribution < -0.4 is 11.1 Å². The van der Waals surface area contributed by atoms with E-state index in [9.17, 15) is 8.42 Å². The lowest BCUT2D eigenvalue weighted by molar-refractivity contribution is 0.600. The number of sulfone groups is 1. The van der Waals surface area contributed by atoms with Gasteiger partial charge in [0.05, 0.1) is 11.4 Å². The Kier molecular flexibility index (Phi) is 4.83. The van der Waals surface area contributed by atoms with Crippen molar-refractivity contribution in [1.82, 2.24) is 4.98 Å². The summed E-state index contributed by atoms with van der Waals surface area (Å²) in [6, 6.07) is 5.30. The third kappa shape index (κ3) is 5.60. The molecule has 0 aliphatic rings. The van der Waals surface area contributed by atoms with E-state index in [0.717, 1.165) is 0 Å². The van der Waals surface area contributed by atoms with Crippen LogP contribution in [-0.2, 0) is 9.84 Å². The molecule has 0 saturated heterocycles. The van der Waals surface area contributed by atoms with E-state index in [4.69, 9.17) is 18.0 Å². The summed E-state index contributed by atoms with van der Waals surface area (Å²) in [5.41, 5.74) is 6.01. The normalized spacial score (nSPS) is 11.1. The Hall–Kier alpha value is -1.21. The van der Waals surface area contributed by atoms with Gasteiger partial charge in [0.2, 0.25) is 0 Å². The number of hydrogen-bond donors (Lipinski definition) is 2. The predicted octanol–water partition coefficient (Wildman–Crippen LogP) is 0.562. The van der Waals surface area contributed by atoms with Gasteiger partial charge in [-0.2, -0.15) is 0 Å². The average Bonchev–Trinajstić information content (AvgIpc) is 2.23. The zero-order valence-corrected chi connectivity index (χ0v) is 11.1. The maximum absolute atomic E-state index is 10.9. The minimum absolute atomic E-state index is 0.162. The molecule has 0 bridgehead atoms. The summed E-state index contributed by atoms with van der Waals surface area (Å²) in [5, 5.41) is 3.02. The summed E-state index contributed by atoms with van der Waals surface area (Å²) in [6.45, 7) is 0.543. The van der Waals surface area contributed by atoms with Crippen LogP contribution in [0.1, 0.15) is 12.1 Å². The topological polar surface area (TPSA) is 85.1 Å². The Morgan fingerprint density at radius 3 is 2.82 bits per heavy atom. The predicted molar refractivity (Wildman–Crippen MR) is 72.9 cm³/mol. The average molecular weight is 273 g/mol. The molecule has 17 heavy (non-hydrogen) atoms. The number of nitrogens with zero attached hydrogens (tertiary/aromatic N) is 1. The molecule has 0 aromatic carbocycles. The first-order valence-electron chi connectivity index (χ1n) is 5.07. The molecule has 1 heterocycles. The molecule has 0 aliphatic carbocycles. The Morgan fingerprint density at radius 2 is 2.24 bits per heavy atom. The number of nitrogens with one attached hydrogen (secondary N) is 1. The van der Waals surface area contributed by atoms with Gasteiger partial charge >= 0.3 is 0 Å². The molecule has 1 rings (SSSR count). The van der Waals surface area contributed by atoms with Crippen molar-refractivity contribution in [2.75, 3.05) is 23.9 Å². The van der Waals surface area contributed by atoms with Crippen LogP contribution in [0.3, 0.4) is 0 Å². The lowest BCUT2D eigenvalue weighted by Gasteiger charge is -2.06. The van der Waals surface area contributed by atoms with E-state index >= 15 is 0 Å². The van der Waals surface area contributed by atoms with Crippen LogP contribution in [0.25, 0.3) is 0 Å². The van der Waals surface area contributed by atoms with Crippen LogP contribution in [0.5, 0.6) is 0 Å². The highest BCUT2D eigenvalue weighted by molar-refractivity contribution is 7.90. The van der Waals surface area contributed by atoms with Gasteiger partial charge in [0.25, 0.3) is 0 Å². The van der Waals surface area contributed by atoms with E-state index in [1.807, 2.05) is 0 Å². The van der Waals surface area contributed by atoms with Gasteiger partial charge in [-0.15, -0.1) is 0 Å². The largest absolute Gasteiger partial charge is 0.388 e. The van der Waals surface area contributed by atoms with Crippen LogP contribution in [-0.4, -0.2) is 36.9 Å². The molecular weight excluding hydrogens is 258 g/mol. The highest BCUT2D eigenvalue weighted by Gasteiger charge is 2.02. The Bertz CT molecular complexity index is 500. The third-order valence-corrected chi connectivity index (χ3v) is 3.24. The maximum Gasteiger partial charge on any atom is 0.147 e. The smallest absolute Gasteiger partial charge is 0.147 e. The van der Waals surface area contributed by atoms with Crippen molar-refractivity contribution >= 4 is 32.9 Å². The minimum Gasteiger partial charge on any atom is -0.388 e. The monoisotopic (exact) mass is 273 g/mol. The van der Waals surface area contributed by atoms with Crippen molar-refractivity contribution < 1.29 is 8.42 Å². The summed E-state index contributed by atoms with van der Waals surface area (Å²) in [4.78, 5) is 4.42. The number of anilines is 1. The number of nitrogens with two attached hydrogens (primary N) is 1. The zero-order chi connectivity index (χ0) is 12.9. The van der Waals surface area contributed by atoms with E-state index in [0.29, 0.717) is 24.5 Å². The summed E-state index contributed by atoms with van der Waals surface area (Å²) in [5.74, 6) is 0.804. The van der Waals surface area contributed by atoms with E-state index in [-0.39, 0.29) is 10.7 Å². The fourth-order valence-electron chi connectivity index (χ4n) is 1.22. The summed E-state index contributed by atoms with van der Waals surface area (Å²) in [6.07, 6.45) is 1.76. The number of aromatic nitrogens is 1. The molecule has 3 N–H and O–H groups in total. The van der Waals surface area contributed by atoms with Gasteiger partial charge in [0.15, 0.2) is 0 Å². The molecule has 5 nitrogen and oxygen atoms in total. The standard InChI is InChI=1S/C10H15N3O2S2/c1-17(14,15)7-3-6-12-9-5-2-4-8(13-9)10(11)16/h2,4-5H,3,6-7H2,1H3,(H2,11,16)(H,12,13). The summed E-state index contributed by atoms with van der Waals surface area (Å²) in [7, 11) is -2.90. The van der Waals surface area contributed by atoms with Gasteiger partial charge in [-0.1, -0.05) is 18.3 Å². The first kappa shape index (κ1) is 13.9. The molecule has 7 heteroatoms. The summed E-state index contributed by atoms with van der Waals surface area (Å²) < 4.78 is 21.8. The van der Waals surface area contributed by atoms with E-state index in [2.05, 4.69) is 10.3 Å².